The third kappa shape index (κ3) is 4.56. The van der Waals surface area contributed by atoms with Gasteiger partial charge in [0.05, 0.1) is 11.4 Å². The van der Waals surface area contributed by atoms with Crippen LogP contribution in [-0.4, -0.2) is 25.8 Å². The lowest BCUT2D eigenvalue weighted by Gasteiger charge is -2.18. The fourth-order valence-electron chi connectivity index (χ4n) is 2.08. The van der Waals surface area contributed by atoms with E-state index >= 15 is 0 Å². The van der Waals surface area contributed by atoms with E-state index in [2.05, 4.69) is 5.92 Å². The minimum absolute atomic E-state index is 0.0370. The highest BCUT2D eigenvalue weighted by Gasteiger charge is 2.22. The molecule has 0 aromatic heterocycles. The third-order valence-electron chi connectivity index (χ3n) is 3.35. The van der Waals surface area contributed by atoms with Crippen molar-refractivity contribution in [3.8, 4) is 12.3 Å². The van der Waals surface area contributed by atoms with Crippen molar-refractivity contribution in [2.24, 2.45) is 0 Å². The molecule has 0 unspecified atom stereocenters. The van der Waals surface area contributed by atoms with Gasteiger partial charge in [0, 0.05) is 6.54 Å². The molecule has 2 aromatic rings. The third-order valence-corrected chi connectivity index (χ3v) is 5.17. The van der Waals surface area contributed by atoms with E-state index in [0.717, 1.165) is 11.1 Å². The van der Waals surface area contributed by atoms with Gasteiger partial charge in [0.1, 0.15) is 0 Å². The molecule has 0 saturated carbocycles. The predicted molar refractivity (Wildman–Crippen MR) is 94.2 cm³/mol. The highest BCUT2D eigenvalue weighted by Crippen LogP contribution is 2.16. The van der Waals surface area contributed by atoms with Crippen molar-refractivity contribution in [1.82, 2.24) is 4.31 Å². The molecule has 23 heavy (non-hydrogen) atoms. The zero-order valence-corrected chi connectivity index (χ0v) is 13.8. The normalized spacial score (nSPS) is 11.7. The van der Waals surface area contributed by atoms with Gasteiger partial charge in [0.2, 0.25) is 10.0 Å². The first-order valence-electron chi connectivity index (χ1n) is 7.26. The highest BCUT2D eigenvalue weighted by atomic mass is 32.2. The van der Waals surface area contributed by atoms with Crippen molar-refractivity contribution in [1.29, 1.82) is 0 Å². The number of nitrogens with zero attached hydrogens (tertiary/aromatic N) is 1. The van der Waals surface area contributed by atoms with E-state index in [4.69, 9.17) is 6.42 Å². The molecular formula is C19H19NO2S. The predicted octanol–water partition coefficient (Wildman–Crippen LogP) is 3.33. The average Bonchev–Trinajstić information content (AvgIpc) is 2.55. The smallest absolute Gasteiger partial charge is 0.207 e. The Morgan fingerprint density at radius 1 is 1.09 bits per heavy atom. The Balaban J connectivity index is 2.19. The Labute approximate surface area is 138 Å². The van der Waals surface area contributed by atoms with Gasteiger partial charge in [-0.25, -0.2) is 8.42 Å². The maximum absolute atomic E-state index is 12.7. The number of hydrogen-bond donors (Lipinski definition) is 0. The van der Waals surface area contributed by atoms with Crippen LogP contribution in [-0.2, 0) is 10.0 Å². The summed E-state index contributed by atoms with van der Waals surface area (Å²) in [5, 5.41) is 0. The van der Waals surface area contributed by atoms with Crippen molar-refractivity contribution in [2.75, 3.05) is 13.1 Å². The Hall–Kier alpha value is -2.35. The molecule has 0 fully saturated rings. The van der Waals surface area contributed by atoms with Gasteiger partial charge in [-0.2, -0.15) is 4.31 Å². The number of sulfonamides is 1. The van der Waals surface area contributed by atoms with Crippen LogP contribution in [0.25, 0.3) is 6.08 Å². The quantitative estimate of drug-likeness (QED) is 0.764. The molecular weight excluding hydrogens is 306 g/mol. The summed E-state index contributed by atoms with van der Waals surface area (Å²) in [5.74, 6) is 2.42. The van der Waals surface area contributed by atoms with Crippen LogP contribution >= 0.6 is 0 Å². The molecule has 4 heteroatoms. The fourth-order valence-corrected chi connectivity index (χ4v) is 3.38. The molecule has 118 valence electrons. The van der Waals surface area contributed by atoms with Gasteiger partial charge < -0.3 is 0 Å². The summed E-state index contributed by atoms with van der Waals surface area (Å²) >= 11 is 0. The summed E-state index contributed by atoms with van der Waals surface area (Å²) in [7, 11) is -3.59. The van der Waals surface area contributed by atoms with E-state index in [0.29, 0.717) is 0 Å². The Morgan fingerprint density at radius 2 is 1.74 bits per heavy atom. The number of aryl methyl sites for hydroxylation is 1. The van der Waals surface area contributed by atoms with E-state index in [9.17, 15) is 8.42 Å². The maximum Gasteiger partial charge on any atom is 0.244 e. The summed E-state index contributed by atoms with van der Waals surface area (Å²) in [6, 6.07) is 16.5. The minimum atomic E-state index is -3.59. The van der Waals surface area contributed by atoms with Crippen LogP contribution in [0.5, 0.6) is 0 Å². The summed E-state index contributed by atoms with van der Waals surface area (Å²) in [6.45, 7) is 2.18. The Kier molecular flexibility index (Phi) is 5.75. The van der Waals surface area contributed by atoms with Crippen molar-refractivity contribution in [3.63, 3.8) is 0 Å². The lowest BCUT2D eigenvalue weighted by molar-refractivity contribution is 0.478. The lowest BCUT2D eigenvalue weighted by Crippen LogP contribution is -2.31. The standard InChI is InChI=1S/C19H19NO2S/c1-3-15-20(16-7-10-18-8-5-4-6-9-18)23(21,22)19-13-11-17(2)12-14-19/h1,4-14H,15-16H2,2H3/b10-7-. The van der Waals surface area contributed by atoms with E-state index < -0.39 is 10.0 Å². The Morgan fingerprint density at radius 3 is 2.35 bits per heavy atom. The van der Waals surface area contributed by atoms with Crippen LogP contribution in [0.2, 0.25) is 0 Å². The molecule has 0 aliphatic rings. The van der Waals surface area contributed by atoms with Crippen molar-refractivity contribution in [2.45, 2.75) is 11.8 Å². The molecule has 0 amide bonds. The molecule has 0 radical (unpaired) electrons. The molecule has 2 aromatic carbocycles. The van der Waals surface area contributed by atoms with Crippen LogP contribution < -0.4 is 0 Å². The van der Waals surface area contributed by atoms with E-state index in [1.165, 1.54) is 4.31 Å². The average molecular weight is 325 g/mol. The van der Waals surface area contributed by atoms with Crippen LogP contribution in [0.4, 0.5) is 0 Å². The number of hydrogen-bond acceptors (Lipinski definition) is 2. The second-order valence-corrected chi connectivity index (χ2v) is 7.07. The molecule has 3 nitrogen and oxygen atoms in total. The van der Waals surface area contributed by atoms with Crippen molar-refractivity contribution < 1.29 is 8.42 Å². The van der Waals surface area contributed by atoms with Gasteiger partial charge in [-0.3, -0.25) is 0 Å². The molecule has 0 saturated heterocycles. The Bertz CT molecular complexity index is 801. The molecule has 0 spiro atoms. The van der Waals surface area contributed by atoms with Crippen molar-refractivity contribution in [3.05, 3.63) is 71.8 Å². The summed E-state index contributed by atoms with van der Waals surface area (Å²) < 4.78 is 26.6. The first-order chi connectivity index (χ1) is 11.0. The van der Waals surface area contributed by atoms with Crippen LogP contribution in [0, 0.1) is 19.3 Å². The molecule has 0 aliphatic carbocycles. The monoisotopic (exact) mass is 325 g/mol. The van der Waals surface area contributed by atoms with Gasteiger partial charge in [-0.15, -0.1) is 6.42 Å². The molecule has 0 bridgehead atoms. The summed E-state index contributed by atoms with van der Waals surface area (Å²) in [4.78, 5) is 0.256. The van der Waals surface area contributed by atoms with Crippen LogP contribution in [0.15, 0.2) is 65.6 Å². The second-order valence-electron chi connectivity index (χ2n) is 5.13. The number of rotatable bonds is 6. The van der Waals surface area contributed by atoms with Gasteiger partial charge in [-0.1, -0.05) is 66.1 Å². The first-order valence-corrected chi connectivity index (χ1v) is 8.70. The van der Waals surface area contributed by atoms with Crippen LogP contribution in [0.3, 0.4) is 0 Å². The zero-order valence-electron chi connectivity index (χ0n) is 13.0. The topological polar surface area (TPSA) is 37.4 Å². The van der Waals surface area contributed by atoms with Crippen LogP contribution in [0.1, 0.15) is 11.1 Å². The molecule has 2 rings (SSSR count). The van der Waals surface area contributed by atoms with Gasteiger partial charge in [-0.05, 0) is 24.6 Å². The maximum atomic E-state index is 12.7. The number of benzene rings is 2. The van der Waals surface area contributed by atoms with E-state index in [-0.39, 0.29) is 18.0 Å². The lowest BCUT2D eigenvalue weighted by atomic mass is 10.2. The SMILES string of the molecule is C#CCN(C/C=C\c1ccccc1)S(=O)(=O)c1ccc(C)cc1. The van der Waals surface area contributed by atoms with Gasteiger partial charge in [0.25, 0.3) is 0 Å². The zero-order chi connectivity index (χ0) is 16.7. The molecule has 0 N–H and O–H groups in total. The first kappa shape index (κ1) is 17.0. The van der Waals surface area contributed by atoms with E-state index in [1.54, 1.807) is 30.3 Å². The van der Waals surface area contributed by atoms with Gasteiger partial charge in [0.15, 0.2) is 0 Å². The molecule has 0 heterocycles. The number of terminal acetylenes is 1. The highest BCUT2D eigenvalue weighted by molar-refractivity contribution is 7.89. The molecule has 0 aliphatic heterocycles. The minimum Gasteiger partial charge on any atom is -0.207 e. The second kappa shape index (κ2) is 7.77. The summed E-state index contributed by atoms with van der Waals surface area (Å²) in [5.41, 5.74) is 2.03. The summed E-state index contributed by atoms with van der Waals surface area (Å²) in [6.07, 6.45) is 9.02. The van der Waals surface area contributed by atoms with E-state index in [1.807, 2.05) is 43.3 Å². The fraction of sp³-hybridized carbons (Fsp3) is 0.158. The van der Waals surface area contributed by atoms with Crippen molar-refractivity contribution >= 4 is 16.1 Å². The van der Waals surface area contributed by atoms with Gasteiger partial charge >= 0.3 is 0 Å². The molecule has 0 atom stereocenters. The largest absolute Gasteiger partial charge is 0.244 e.